The number of hydrogen-bond donors (Lipinski definition) is 3. The van der Waals surface area contributed by atoms with E-state index in [1.165, 1.54) is 12.1 Å². The van der Waals surface area contributed by atoms with Crippen molar-refractivity contribution in [3.8, 4) is 0 Å². The minimum atomic E-state index is -0.233. The average Bonchev–Trinajstić information content (AvgIpc) is 3.26. The van der Waals surface area contributed by atoms with E-state index >= 15 is 0 Å². The number of aromatic nitrogens is 2. The molecule has 2 aromatic heterocycles. The van der Waals surface area contributed by atoms with Crippen molar-refractivity contribution < 1.29 is 8.91 Å². The van der Waals surface area contributed by atoms with Gasteiger partial charge in [0.05, 0.1) is 5.69 Å². The van der Waals surface area contributed by atoms with Gasteiger partial charge in [-0.05, 0) is 43.0 Å². The number of aromatic amines is 1. The van der Waals surface area contributed by atoms with Gasteiger partial charge in [-0.15, -0.1) is 24.0 Å². The molecule has 0 saturated heterocycles. The Morgan fingerprint density at radius 3 is 2.82 bits per heavy atom. The molecule has 0 aliphatic rings. The molecule has 2 heterocycles. The Bertz CT molecular complexity index is 918. The Kier molecular flexibility index (Phi) is 8.28. The first-order chi connectivity index (χ1) is 13.1. The van der Waals surface area contributed by atoms with Gasteiger partial charge in [0.2, 0.25) is 0 Å². The Hall–Kier alpha value is -2.10. The molecule has 0 saturated carbocycles. The Labute approximate surface area is 181 Å². The number of hydrogen-bond acceptors (Lipinski definition) is 3. The number of nitrogens with zero attached hydrogens (tertiary/aromatic N) is 2. The zero-order valence-electron chi connectivity index (χ0n) is 16.4. The second kappa shape index (κ2) is 10.4. The van der Waals surface area contributed by atoms with E-state index < -0.39 is 0 Å². The van der Waals surface area contributed by atoms with Crippen LogP contribution in [0.2, 0.25) is 0 Å². The second-order valence-corrected chi connectivity index (χ2v) is 6.75. The SMILES string of the molecule is CCNC(=NCc1cc(C(C)C)no1)NCCc1c[nH]c2cc(F)ccc12.I. The van der Waals surface area contributed by atoms with Crippen molar-refractivity contribution >= 4 is 40.8 Å². The van der Waals surface area contributed by atoms with E-state index in [9.17, 15) is 4.39 Å². The van der Waals surface area contributed by atoms with Gasteiger partial charge in [0, 0.05) is 36.3 Å². The number of nitrogens with one attached hydrogen (secondary N) is 3. The van der Waals surface area contributed by atoms with Crippen molar-refractivity contribution in [2.45, 2.75) is 39.7 Å². The third kappa shape index (κ3) is 5.70. The second-order valence-electron chi connectivity index (χ2n) is 6.75. The van der Waals surface area contributed by atoms with E-state index in [0.717, 1.165) is 46.8 Å². The first-order valence-electron chi connectivity index (χ1n) is 9.30. The van der Waals surface area contributed by atoms with Gasteiger partial charge < -0.3 is 20.1 Å². The zero-order chi connectivity index (χ0) is 19.2. The highest BCUT2D eigenvalue weighted by Gasteiger charge is 2.08. The summed E-state index contributed by atoms with van der Waals surface area (Å²) in [7, 11) is 0. The molecule has 0 amide bonds. The molecule has 0 aliphatic heterocycles. The highest BCUT2D eigenvalue weighted by molar-refractivity contribution is 14.0. The van der Waals surface area contributed by atoms with Gasteiger partial charge in [-0.1, -0.05) is 19.0 Å². The molecule has 0 atom stereocenters. The van der Waals surface area contributed by atoms with Crippen LogP contribution in [0.3, 0.4) is 0 Å². The number of rotatable bonds is 7. The molecule has 3 rings (SSSR count). The van der Waals surface area contributed by atoms with Crippen LogP contribution >= 0.6 is 24.0 Å². The van der Waals surface area contributed by atoms with E-state index in [-0.39, 0.29) is 29.8 Å². The number of guanidine groups is 1. The van der Waals surface area contributed by atoms with Crippen LogP contribution < -0.4 is 10.6 Å². The molecule has 8 heteroatoms. The lowest BCUT2D eigenvalue weighted by molar-refractivity contribution is 0.376. The van der Waals surface area contributed by atoms with Crippen LogP contribution in [0.15, 0.2) is 40.0 Å². The van der Waals surface area contributed by atoms with Gasteiger partial charge in [-0.2, -0.15) is 0 Å². The maximum atomic E-state index is 13.3. The van der Waals surface area contributed by atoms with Crippen LogP contribution in [0, 0.1) is 5.82 Å². The van der Waals surface area contributed by atoms with Gasteiger partial charge in [0.25, 0.3) is 0 Å². The molecular formula is C20H27FIN5O. The van der Waals surface area contributed by atoms with Crippen LogP contribution in [0.25, 0.3) is 10.9 Å². The van der Waals surface area contributed by atoms with Gasteiger partial charge in [-0.25, -0.2) is 9.38 Å². The van der Waals surface area contributed by atoms with Gasteiger partial charge >= 0.3 is 0 Å². The quantitative estimate of drug-likeness (QED) is 0.257. The zero-order valence-corrected chi connectivity index (χ0v) is 18.7. The Morgan fingerprint density at radius 2 is 2.11 bits per heavy atom. The smallest absolute Gasteiger partial charge is 0.191 e. The predicted octanol–water partition coefficient (Wildman–Crippen LogP) is 4.33. The Balaban J connectivity index is 0.00000280. The number of halogens is 2. The number of benzene rings is 1. The minimum absolute atomic E-state index is 0. The van der Waals surface area contributed by atoms with Crippen molar-refractivity contribution in [1.82, 2.24) is 20.8 Å². The Morgan fingerprint density at radius 1 is 1.29 bits per heavy atom. The molecule has 0 radical (unpaired) electrons. The number of H-pyrrole nitrogens is 1. The summed E-state index contributed by atoms with van der Waals surface area (Å²) < 4.78 is 18.6. The maximum absolute atomic E-state index is 13.3. The fourth-order valence-electron chi connectivity index (χ4n) is 2.86. The van der Waals surface area contributed by atoms with Gasteiger partial charge in [0.1, 0.15) is 12.4 Å². The number of fused-ring (bicyclic) bond motifs is 1. The summed E-state index contributed by atoms with van der Waals surface area (Å²) >= 11 is 0. The molecule has 1 aromatic carbocycles. The van der Waals surface area contributed by atoms with E-state index in [1.54, 1.807) is 0 Å². The van der Waals surface area contributed by atoms with Crippen molar-refractivity contribution in [1.29, 1.82) is 0 Å². The van der Waals surface area contributed by atoms with Crippen molar-refractivity contribution in [3.63, 3.8) is 0 Å². The molecule has 0 fully saturated rings. The van der Waals surface area contributed by atoms with E-state index in [4.69, 9.17) is 4.52 Å². The molecule has 0 bridgehead atoms. The third-order valence-electron chi connectivity index (χ3n) is 4.32. The molecule has 3 N–H and O–H groups in total. The van der Waals surface area contributed by atoms with E-state index in [0.29, 0.717) is 19.0 Å². The van der Waals surface area contributed by atoms with Crippen LogP contribution in [0.5, 0.6) is 0 Å². The van der Waals surface area contributed by atoms with Crippen LogP contribution in [0.1, 0.15) is 43.7 Å². The van der Waals surface area contributed by atoms with Crippen molar-refractivity contribution in [2.24, 2.45) is 4.99 Å². The van der Waals surface area contributed by atoms with Crippen molar-refractivity contribution in [2.75, 3.05) is 13.1 Å². The normalized spacial score (nSPS) is 11.7. The van der Waals surface area contributed by atoms with Gasteiger partial charge in [-0.3, -0.25) is 0 Å². The molecule has 0 unspecified atom stereocenters. The molecule has 3 aromatic rings. The highest BCUT2D eigenvalue weighted by atomic mass is 127. The summed E-state index contributed by atoms with van der Waals surface area (Å²) in [5.74, 6) is 1.58. The molecular weight excluding hydrogens is 472 g/mol. The first-order valence-corrected chi connectivity index (χ1v) is 9.30. The number of aliphatic imine (C=N–C) groups is 1. The molecule has 0 aliphatic carbocycles. The summed E-state index contributed by atoms with van der Waals surface area (Å²) in [4.78, 5) is 7.67. The van der Waals surface area contributed by atoms with Crippen LogP contribution in [-0.2, 0) is 13.0 Å². The average molecular weight is 499 g/mol. The summed E-state index contributed by atoms with van der Waals surface area (Å²) in [6.45, 7) is 8.10. The molecule has 0 spiro atoms. The van der Waals surface area contributed by atoms with E-state index in [2.05, 4.69) is 39.6 Å². The van der Waals surface area contributed by atoms with Crippen LogP contribution in [-0.4, -0.2) is 29.2 Å². The molecule has 28 heavy (non-hydrogen) atoms. The predicted molar refractivity (Wildman–Crippen MR) is 121 cm³/mol. The summed E-state index contributed by atoms with van der Waals surface area (Å²) in [6, 6.07) is 6.76. The van der Waals surface area contributed by atoms with Crippen LogP contribution in [0.4, 0.5) is 4.39 Å². The minimum Gasteiger partial charge on any atom is -0.361 e. The largest absolute Gasteiger partial charge is 0.361 e. The third-order valence-corrected chi connectivity index (χ3v) is 4.32. The maximum Gasteiger partial charge on any atom is 0.191 e. The molecule has 152 valence electrons. The lowest BCUT2D eigenvalue weighted by atomic mass is 10.1. The lowest BCUT2D eigenvalue weighted by Crippen LogP contribution is -2.38. The standard InChI is InChI=1S/C20H26FN5O.HI/c1-4-22-20(25-12-16-10-18(13(2)3)26-27-16)23-8-7-14-11-24-19-9-15(21)5-6-17(14)19;/h5-6,9-11,13,24H,4,7-8,12H2,1-3H3,(H2,22,23,25);1H. The monoisotopic (exact) mass is 499 g/mol. The van der Waals surface area contributed by atoms with Crippen molar-refractivity contribution in [3.05, 3.63) is 53.3 Å². The topological polar surface area (TPSA) is 78.2 Å². The first kappa shape index (κ1) is 22.2. The fourth-order valence-corrected chi connectivity index (χ4v) is 2.86. The summed E-state index contributed by atoms with van der Waals surface area (Å²) in [5, 5.41) is 11.7. The lowest BCUT2D eigenvalue weighted by Gasteiger charge is -2.10. The molecule has 6 nitrogen and oxygen atoms in total. The summed E-state index contributed by atoms with van der Waals surface area (Å²) in [6.07, 6.45) is 2.73. The summed E-state index contributed by atoms with van der Waals surface area (Å²) in [5.41, 5.74) is 2.90. The van der Waals surface area contributed by atoms with E-state index in [1.807, 2.05) is 25.3 Å². The van der Waals surface area contributed by atoms with Gasteiger partial charge in [0.15, 0.2) is 11.7 Å². The fraction of sp³-hybridized carbons (Fsp3) is 0.400. The highest BCUT2D eigenvalue weighted by Crippen LogP contribution is 2.19.